The van der Waals surface area contributed by atoms with E-state index in [2.05, 4.69) is 15.3 Å². The lowest BCUT2D eigenvalue weighted by molar-refractivity contribution is -0.113. The molecular weight excluding hydrogens is 324 g/mol. The minimum atomic E-state index is -0.471. The lowest BCUT2D eigenvalue weighted by atomic mass is 10.1. The Hall–Kier alpha value is -2.59. The maximum Gasteiger partial charge on any atom is 0.269 e. The summed E-state index contributed by atoms with van der Waals surface area (Å²) in [5.41, 5.74) is 2.90. The number of carbonyl (C=O) groups excluding carboxylic acids is 1. The van der Waals surface area contributed by atoms with Gasteiger partial charge in [-0.15, -0.1) is 0 Å². The fourth-order valence-electron chi connectivity index (χ4n) is 2.14. The molecule has 2 aromatic rings. The number of aromatic nitrogens is 2. The van der Waals surface area contributed by atoms with Crippen molar-refractivity contribution in [3.05, 3.63) is 50.9 Å². The molecule has 0 bridgehead atoms. The summed E-state index contributed by atoms with van der Waals surface area (Å²) in [5, 5.41) is 12.2. The zero-order chi connectivity index (χ0) is 17.7. The molecule has 124 valence electrons. The van der Waals surface area contributed by atoms with Gasteiger partial charge in [-0.1, -0.05) is 30.8 Å². The quantitative estimate of drug-likeness (QED) is 0.643. The normalized spacial score (nSPS) is 10.2. The maximum absolute atomic E-state index is 12.1. The topological polar surface area (TPSA) is 98.6 Å². The fourth-order valence-corrected chi connectivity index (χ4v) is 2.82. The van der Waals surface area contributed by atoms with Crippen LogP contribution in [0.2, 0.25) is 0 Å². The predicted octanol–water partition coefficient (Wildman–Crippen LogP) is 2.55. The summed E-state index contributed by atoms with van der Waals surface area (Å²) in [5.74, 6) is -0.0653. The van der Waals surface area contributed by atoms with Gasteiger partial charge in [-0.2, -0.15) is 5.26 Å². The highest BCUT2D eigenvalue weighted by atomic mass is 32.2. The summed E-state index contributed by atoms with van der Waals surface area (Å²) in [4.78, 5) is 30.7. The summed E-state index contributed by atoms with van der Waals surface area (Å²) in [6.45, 7) is 5.76. The largest absolute Gasteiger partial charge is 0.325 e. The average Bonchev–Trinajstić information content (AvgIpc) is 2.56. The lowest BCUT2D eigenvalue weighted by Gasteiger charge is -2.10. The number of nitrogens with zero attached hydrogens (tertiary/aromatic N) is 2. The number of nitrogens with one attached hydrogen (secondary N) is 2. The number of benzene rings is 1. The third-order valence-corrected chi connectivity index (χ3v) is 4.51. The van der Waals surface area contributed by atoms with Crippen molar-refractivity contribution in [2.75, 3.05) is 11.1 Å². The summed E-state index contributed by atoms with van der Waals surface area (Å²) in [6.07, 6.45) is 0.481. The molecule has 1 aromatic carbocycles. The number of hydrogen-bond donors (Lipinski definition) is 2. The van der Waals surface area contributed by atoms with E-state index in [-0.39, 0.29) is 17.2 Å². The number of aryl methyl sites for hydroxylation is 2. The average molecular weight is 342 g/mol. The van der Waals surface area contributed by atoms with E-state index < -0.39 is 5.56 Å². The highest BCUT2D eigenvalue weighted by Gasteiger charge is 2.12. The van der Waals surface area contributed by atoms with Crippen LogP contribution in [0.15, 0.2) is 28.2 Å². The Morgan fingerprint density at radius 2 is 2.17 bits per heavy atom. The van der Waals surface area contributed by atoms with Crippen LogP contribution in [0.1, 0.15) is 29.3 Å². The molecule has 0 saturated heterocycles. The summed E-state index contributed by atoms with van der Waals surface area (Å²) in [6, 6.07) is 7.58. The van der Waals surface area contributed by atoms with Crippen molar-refractivity contribution in [2.24, 2.45) is 0 Å². The van der Waals surface area contributed by atoms with Gasteiger partial charge in [-0.3, -0.25) is 9.59 Å². The molecular formula is C17H18N4O2S. The number of amides is 1. The van der Waals surface area contributed by atoms with Gasteiger partial charge in [0.2, 0.25) is 5.91 Å². The van der Waals surface area contributed by atoms with Gasteiger partial charge >= 0.3 is 0 Å². The molecule has 6 nitrogen and oxygen atoms in total. The third-order valence-electron chi connectivity index (χ3n) is 3.64. The number of carbonyl (C=O) groups is 1. The first kappa shape index (κ1) is 17.8. The van der Waals surface area contributed by atoms with Crippen molar-refractivity contribution in [3.63, 3.8) is 0 Å². The molecule has 0 unspecified atom stereocenters. The van der Waals surface area contributed by atoms with Gasteiger partial charge in [0.15, 0.2) is 5.16 Å². The molecule has 0 aliphatic heterocycles. The van der Waals surface area contributed by atoms with E-state index >= 15 is 0 Å². The van der Waals surface area contributed by atoms with E-state index in [9.17, 15) is 9.59 Å². The van der Waals surface area contributed by atoms with Crippen molar-refractivity contribution in [2.45, 2.75) is 32.3 Å². The van der Waals surface area contributed by atoms with Crippen LogP contribution >= 0.6 is 11.8 Å². The van der Waals surface area contributed by atoms with Gasteiger partial charge in [0.25, 0.3) is 5.56 Å². The predicted molar refractivity (Wildman–Crippen MR) is 94.2 cm³/mol. The van der Waals surface area contributed by atoms with Gasteiger partial charge in [0.05, 0.1) is 11.4 Å². The number of rotatable bonds is 5. The molecule has 2 N–H and O–H groups in total. The SMILES string of the molecule is CCc1nc(SCC(=O)Nc2cccc(C)c2C)[nH]c(=O)c1C#N. The minimum absolute atomic E-state index is 0.0293. The number of nitriles is 1. The number of anilines is 1. The lowest BCUT2D eigenvalue weighted by Crippen LogP contribution is -2.18. The second kappa shape index (κ2) is 7.79. The highest BCUT2D eigenvalue weighted by Crippen LogP contribution is 2.19. The van der Waals surface area contributed by atoms with Crippen LogP contribution < -0.4 is 10.9 Å². The van der Waals surface area contributed by atoms with E-state index in [0.29, 0.717) is 17.3 Å². The van der Waals surface area contributed by atoms with Gasteiger partial charge in [-0.25, -0.2) is 4.98 Å². The number of H-pyrrole nitrogens is 1. The van der Waals surface area contributed by atoms with Gasteiger partial charge in [0.1, 0.15) is 11.6 Å². The van der Waals surface area contributed by atoms with E-state index in [4.69, 9.17) is 5.26 Å². The van der Waals surface area contributed by atoms with Crippen molar-refractivity contribution in [1.82, 2.24) is 9.97 Å². The number of hydrogen-bond acceptors (Lipinski definition) is 5. The Kier molecular flexibility index (Phi) is 5.77. The van der Waals surface area contributed by atoms with E-state index in [1.54, 1.807) is 0 Å². The first-order chi connectivity index (χ1) is 11.5. The molecule has 0 atom stereocenters. The first-order valence-corrected chi connectivity index (χ1v) is 8.47. The summed E-state index contributed by atoms with van der Waals surface area (Å²) in [7, 11) is 0. The zero-order valence-electron chi connectivity index (χ0n) is 13.8. The zero-order valence-corrected chi connectivity index (χ0v) is 14.6. The Bertz CT molecular complexity index is 868. The molecule has 0 saturated carbocycles. The molecule has 7 heteroatoms. The van der Waals surface area contributed by atoms with Gasteiger partial charge in [0, 0.05) is 5.69 Å². The molecule has 1 amide bonds. The minimum Gasteiger partial charge on any atom is -0.325 e. The standard InChI is InChI=1S/C17H18N4O2S/c1-4-13-12(8-18)16(23)21-17(20-13)24-9-15(22)19-14-7-5-6-10(2)11(14)3/h5-7H,4,9H2,1-3H3,(H,19,22)(H,20,21,23). The second-order valence-electron chi connectivity index (χ2n) is 5.24. The van der Waals surface area contributed by atoms with Crippen LogP contribution in [-0.2, 0) is 11.2 Å². The van der Waals surface area contributed by atoms with E-state index in [0.717, 1.165) is 28.6 Å². The van der Waals surface area contributed by atoms with Crippen LogP contribution in [0.5, 0.6) is 0 Å². The van der Waals surface area contributed by atoms with E-state index in [1.807, 2.05) is 45.0 Å². The molecule has 0 spiro atoms. The molecule has 0 radical (unpaired) electrons. The van der Waals surface area contributed by atoms with Crippen molar-refractivity contribution in [1.29, 1.82) is 5.26 Å². The Balaban J connectivity index is 2.07. The maximum atomic E-state index is 12.1. The molecule has 1 aromatic heterocycles. The summed E-state index contributed by atoms with van der Waals surface area (Å²) >= 11 is 1.13. The molecule has 24 heavy (non-hydrogen) atoms. The highest BCUT2D eigenvalue weighted by molar-refractivity contribution is 7.99. The Morgan fingerprint density at radius 3 is 2.83 bits per heavy atom. The van der Waals surface area contributed by atoms with Crippen LogP contribution in [0.3, 0.4) is 0 Å². The van der Waals surface area contributed by atoms with Crippen LogP contribution in [0, 0.1) is 25.2 Å². The van der Waals surface area contributed by atoms with E-state index in [1.165, 1.54) is 0 Å². The Morgan fingerprint density at radius 1 is 1.42 bits per heavy atom. The van der Waals surface area contributed by atoms with Crippen LogP contribution in [0.4, 0.5) is 5.69 Å². The van der Waals surface area contributed by atoms with Crippen molar-refractivity contribution >= 4 is 23.4 Å². The van der Waals surface area contributed by atoms with Crippen LogP contribution in [0.25, 0.3) is 0 Å². The van der Waals surface area contributed by atoms with Gasteiger partial charge in [-0.05, 0) is 37.5 Å². The smallest absolute Gasteiger partial charge is 0.269 e. The summed E-state index contributed by atoms with van der Waals surface area (Å²) < 4.78 is 0. The molecule has 0 aliphatic carbocycles. The first-order valence-electron chi connectivity index (χ1n) is 7.48. The monoisotopic (exact) mass is 342 g/mol. The Labute approximate surface area is 144 Å². The third kappa shape index (κ3) is 4.03. The molecule has 0 fully saturated rings. The number of aromatic amines is 1. The number of thioether (sulfide) groups is 1. The molecule has 0 aliphatic rings. The van der Waals surface area contributed by atoms with Crippen molar-refractivity contribution in [3.8, 4) is 6.07 Å². The van der Waals surface area contributed by atoms with Crippen molar-refractivity contribution < 1.29 is 4.79 Å². The van der Waals surface area contributed by atoms with Crippen LogP contribution in [-0.4, -0.2) is 21.6 Å². The molecule has 2 rings (SSSR count). The van der Waals surface area contributed by atoms with Gasteiger partial charge < -0.3 is 10.3 Å². The second-order valence-corrected chi connectivity index (χ2v) is 6.21. The fraction of sp³-hybridized carbons (Fsp3) is 0.294. The molecule has 1 heterocycles.